The maximum Gasteiger partial charge on any atom is 0.0491 e. The van der Waals surface area contributed by atoms with E-state index in [-0.39, 0.29) is 0 Å². The van der Waals surface area contributed by atoms with E-state index < -0.39 is 0 Å². The monoisotopic (exact) mass is 335 g/mol. The maximum atomic E-state index is 3.89. The standard InChI is InChI=1S/C25H21N/c1-3-6-19-11-13-21-23(26-16-15-18-7-4-5-8-22(18)26)14-12-20-10-9-17(2)24(19)25(20)21/h3-14H,1,15-16H2,2H3/b19-6-. The molecular weight excluding hydrogens is 314 g/mol. The first kappa shape index (κ1) is 15.2. The molecule has 5 rings (SSSR count). The summed E-state index contributed by atoms with van der Waals surface area (Å²) in [5.41, 5.74) is 5.41. The lowest BCUT2D eigenvalue weighted by Crippen LogP contribution is -2.14. The summed E-state index contributed by atoms with van der Waals surface area (Å²) in [7, 11) is 0. The van der Waals surface area contributed by atoms with Gasteiger partial charge < -0.3 is 4.90 Å². The van der Waals surface area contributed by atoms with Crippen LogP contribution < -0.4 is 10.1 Å². The van der Waals surface area contributed by atoms with Crippen LogP contribution in [-0.2, 0) is 6.42 Å². The van der Waals surface area contributed by atoms with E-state index in [0.717, 1.165) is 13.0 Å². The molecule has 4 aromatic rings. The Morgan fingerprint density at radius 1 is 0.885 bits per heavy atom. The predicted octanol–water partition coefficient (Wildman–Crippen LogP) is 5.68. The molecule has 0 aliphatic carbocycles. The molecule has 0 fully saturated rings. The number of hydrogen-bond donors (Lipinski definition) is 0. The molecule has 4 aromatic carbocycles. The van der Waals surface area contributed by atoms with Crippen molar-refractivity contribution in [1.82, 2.24) is 0 Å². The van der Waals surface area contributed by atoms with Crippen molar-refractivity contribution < 1.29 is 0 Å². The van der Waals surface area contributed by atoms with Gasteiger partial charge in [0.25, 0.3) is 0 Å². The second kappa shape index (κ2) is 5.74. The first-order chi connectivity index (χ1) is 12.8. The molecule has 1 aliphatic heterocycles. The van der Waals surface area contributed by atoms with Crippen molar-refractivity contribution in [3.8, 4) is 0 Å². The SMILES string of the molecule is C=C/C=c1/ccc2c(N3CCc4ccccc43)ccc3ccc(C)c1c32. The van der Waals surface area contributed by atoms with E-state index in [1.807, 2.05) is 6.08 Å². The third-order valence-electron chi connectivity index (χ3n) is 5.61. The van der Waals surface area contributed by atoms with Crippen molar-refractivity contribution in [3.05, 3.63) is 89.7 Å². The molecule has 1 nitrogen and oxygen atoms in total. The quantitative estimate of drug-likeness (QED) is 0.455. The zero-order valence-electron chi connectivity index (χ0n) is 15.0. The van der Waals surface area contributed by atoms with Crippen LogP contribution in [0, 0.1) is 6.92 Å². The molecule has 0 bridgehead atoms. The summed E-state index contributed by atoms with van der Waals surface area (Å²) >= 11 is 0. The minimum atomic E-state index is 1.04. The van der Waals surface area contributed by atoms with Crippen molar-refractivity contribution in [2.24, 2.45) is 0 Å². The van der Waals surface area contributed by atoms with Crippen molar-refractivity contribution >= 4 is 39.0 Å². The molecule has 0 aromatic heterocycles. The van der Waals surface area contributed by atoms with E-state index in [4.69, 9.17) is 0 Å². The number of nitrogens with zero attached hydrogens (tertiary/aromatic N) is 1. The summed E-state index contributed by atoms with van der Waals surface area (Å²) in [5.74, 6) is 0. The number of rotatable bonds is 2. The number of benzene rings is 4. The van der Waals surface area contributed by atoms with Gasteiger partial charge in [-0.2, -0.15) is 0 Å². The normalized spacial score (nSPS) is 14.3. The van der Waals surface area contributed by atoms with E-state index in [9.17, 15) is 0 Å². The molecule has 0 saturated heterocycles. The first-order valence-electron chi connectivity index (χ1n) is 9.21. The molecule has 0 radical (unpaired) electrons. The molecule has 1 heteroatoms. The van der Waals surface area contributed by atoms with Gasteiger partial charge >= 0.3 is 0 Å². The Labute approximate surface area is 153 Å². The van der Waals surface area contributed by atoms with Gasteiger partial charge in [0.1, 0.15) is 0 Å². The summed E-state index contributed by atoms with van der Waals surface area (Å²) in [4.78, 5) is 2.47. The highest BCUT2D eigenvalue weighted by molar-refractivity contribution is 6.16. The molecule has 1 aliphatic rings. The van der Waals surface area contributed by atoms with Crippen LogP contribution in [0.4, 0.5) is 11.4 Å². The van der Waals surface area contributed by atoms with Gasteiger partial charge in [-0.3, -0.25) is 0 Å². The Morgan fingerprint density at radius 2 is 1.73 bits per heavy atom. The fourth-order valence-corrected chi connectivity index (χ4v) is 4.43. The van der Waals surface area contributed by atoms with E-state index in [0.29, 0.717) is 0 Å². The number of hydrogen-bond acceptors (Lipinski definition) is 1. The number of aryl methyl sites for hydroxylation is 1. The average molecular weight is 335 g/mol. The molecule has 0 spiro atoms. The van der Waals surface area contributed by atoms with E-state index >= 15 is 0 Å². The Kier molecular flexibility index (Phi) is 3.36. The Bertz CT molecular complexity index is 1220. The van der Waals surface area contributed by atoms with Crippen LogP contribution in [0.5, 0.6) is 0 Å². The smallest absolute Gasteiger partial charge is 0.0491 e. The molecular formula is C25H21N. The zero-order chi connectivity index (χ0) is 17.7. The largest absolute Gasteiger partial charge is 0.340 e. The van der Waals surface area contributed by atoms with Gasteiger partial charge in [-0.15, -0.1) is 0 Å². The summed E-state index contributed by atoms with van der Waals surface area (Å²) in [6.07, 6.45) is 5.10. The number of allylic oxidation sites excluding steroid dienone is 1. The van der Waals surface area contributed by atoms with E-state index in [1.54, 1.807) is 0 Å². The Balaban J connectivity index is 1.86. The van der Waals surface area contributed by atoms with Gasteiger partial charge in [-0.1, -0.05) is 67.3 Å². The molecule has 126 valence electrons. The highest BCUT2D eigenvalue weighted by Crippen LogP contribution is 2.40. The zero-order valence-corrected chi connectivity index (χ0v) is 15.0. The number of para-hydroxylation sites is 1. The molecule has 1 heterocycles. The van der Waals surface area contributed by atoms with Crippen LogP contribution in [-0.4, -0.2) is 6.54 Å². The summed E-state index contributed by atoms with van der Waals surface area (Å²) in [5, 5.41) is 6.58. The van der Waals surface area contributed by atoms with Crippen LogP contribution in [0.1, 0.15) is 11.1 Å². The lowest BCUT2D eigenvalue weighted by atomic mass is 9.94. The molecule has 0 saturated carbocycles. The predicted molar refractivity (Wildman–Crippen MR) is 113 cm³/mol. The number of fused-ring (bicyclic) bond motifs is 1. The van der Waals surface area contributed by atoms with Crippen LogP contribution in [0.2, 0.25) is 0 Å². The molecule has 0 amide bonds. The maximum absolute atomic E-state index is 3.89. The highest BCUT2D eigenvalue weighted by atomic mass is 15.2. The highest BCUT2D eigenvalue weighted by Gasteiger charge is 2.22. The van der Waals surface area contributed by atoms with Crippen LogP contribution in [0.15, 0.2) is 73.3 Å². The fourth-order valence-electron chi connectivity index (χ4n) is 4.43. The second-order valence-electron chi connectivity index (χ2n) is 7.08. The van der Waals surface area contributed by atoms with Gasteiger partial charge in [0.05, 0.1) is 0 Å². The van der Waals surface area contributed by atoms with Crippen LogP contribution in [0.3, 0.4) is 0 Å². The Hall–Kier alpha value is -3.06. The summed E-state index contributed by atoms with van der Waals surface area (Å²) in [6.45, 7) is 7.14. The topological polar surface area (TPSA) is 3.24 Å². The molecule has 0 atom stereocenters. The van der Waals surface area contributed by atoms with E-state index in [1.165, 1.54) is 49.3 Å². The van der Waals surface area contributed by atoms with Crippen LogP contribution >= 0.6 is 0 Å². The minimum absolute atomic E-state index is 1.04. The van der Waals surface area contributed by atoms with Gasteiger partial charge in [0.15, 0.2) is 0 Å². The van der Waals surface area contributed by atoms with Crippen molar-refractivity contribution in [2.45, 2.75) is 13.3 Å². The Morgan fingerprint density at radius 3 is 2.62 bits per heavy atom. The summed E-state index contributed by atoms with van der Waals surface area (Å²) < 4.78 is 0. The third kappa shape index (κ3) is 2.10. The fraction of sp³-hybridized carbons (Fsp3) is 0.120. The van der Waals surface area contributed by atoms with Gasteiger partial charge in [-0.05, 0) is 58.0 Å². The lowest BCUT2D eigenvalue weighted by Gasteiger charge is -2.23. The summed E-state index contributed by atoms with van der Waals surface area (Å²) in [6, 6.07) is 22.3. The first-order valence-corrected chi connectivity index (χ1v) is 9.21. The van der Waals surface area contributed by atoms with Crippen molar-refractivity contribution in [1.29, 1.82) is 0 Å². The van der Waals surface area contributed by atoms with E-state index in [2.05, 4.69) is 85.1 Å². The molecule has 26 heavy (non-hydrogen) atoms. The van der Waals surface area contributed by atoms with Crippen molar-refractivity contribution in [2.75, 3.05) is 11.4 Å². The minimum Gasteiger partial charge on any atom is -0.340 e. The molecule has 0 N–H and O–H groups in total. The van der Waals surface area contributed by atoms with Gasteiger partial charge in [0.2, 0.25) is 0 Å². The third-order valence-corrected chi connectivity index (χ3v) is 5.61. The van der Waals surface area contributed by atoms with Crippen molar-refractivity contribution in [3.63, 3.8) is 0 Å². The van der Waals surface area contributed by atoms with Gasteiger partial charge in [0, 0.05) is 23.3 Å². The van der Waals surface area contributed by atoms with Gasteiger partial charge in [-0.25, -0.2) is 0 Å². The van der Waals surface area contributed by atoms with Crippen LogP contribution in [0.25, 0.3) is 27.6 Å². The lowest BCUT2D eigenvalue weighted by molar-refractivity contribution is 1.00. The number of anilines is 2. The average Bonchev–Trinajstić information content (AvgIpc) is 3.09. The molecule has 0 unspecified atom stereocenters. The second-order valence-corrected chi connectivity index (χ2v) is 7.08.